The molecular weight excluding hydrogens is 396 g/mol. The first-order chi connectivity index (χ1) is 15.0. The highest BCUT2D eigenvalue weighted by molar-refractivity contribution is 6.01. The number of ether oxygens (including phenoxy) is 4. The van der Waals surface area contributed by atoms with Crippen LogP contribution in [-0.2, 0) is 16.0 Å². The molecule has 2 aromatic carbocycles. The van der Waals surface area contributed by atoms with Crippen LogP contribution >= 0.6 is 0 Å². The predicted octanol–water partition coefficient (Wildman–Crippen LogP) is 4.36. The van der Waals surface area contributed by atoms with Crippen LogP contribution in [0.1, 0.15) is 48.0 Å². The maximum Gasteiger partial charge on any atom is 0.309 e. The van der Waals surface area contributed by atoms with E-state index in [1.165, 1.54) is 0 Å². The number of rotatable bonds is 8. The summed E-state index contributed by atoms with van der Waals surface area (Å²) in [6.45, 7) is 0.269. The van der Waals surface area contributed by atoms with E-state index in [0.717, 1.165) is 54.4 Å². The van der Waals surface area contributed by atoms with Crippen LogP contribution < -0.4 is 14.2 Å². The smallest absolute Gasteiger partial charge is 0.309 e. The van der Waals surface area contributed by atoms with Crippen LogP contribution in [0.4, 0.5) is 0 Å². The first kappa shape index (κ1) is 19.9. The van der Waals surface area contributed by atoms with Crippen LogP contribution in [0, 0.1) is 5.92 Å². The topological polar surface area (TPSA) is 71.1 Å². The fourth-order valence-corrected chi connectivity index (χ4v) is 4.13. The van der Waals surface area contributed by atoms with Crippen molar-refractivity contribution in [2.24, 2.45) is 5.92 Å². The molecule has 0 N–H and O–H groups in total. The third kappa shape index (κ3) is 3.75. The van der Waals surface area contributed by atoms with Gasteiger partial charge in [0.05, 0.1) is 20.1 Å². The molecule has 2 fully saturated rings. The molecule has 6 nitrogen and oxygen atoms in total. The Kier molecular flexibility index (Phi) is 4.88. The van der Waals surface area contributed by atoms with Gasteiger partial charge in [-0.25, -0.2) is 0 Å². The van der Waals surface area contributed by atoms with Gasteiger partial charge in [-0.05, 0) is 55.4 Å². The maximum absolute atomic E-state index is 12.2. The van der Waals surface area contributed by atoms with Crippen LogP contribution in [0.15, 0.2) is 30.3 Å². The summed E-state index contributed by atoms with van der Waals surface area (Å²) >= 11 is 0. The molecule has 0 bridgehead atoms. The zero-order valence-electron chi connectivity index (χ0n) is 17.9. The van der Waals surface area contributed by atoms with Gasteiger partial charge in [0, 0.05) is 17.5 Å². The molecule has 0 radical (unpaired) electrons. The highest BCUT2D eigenvalue weighted by Gasteiger charge is 2.50. The zero-order valence-corrected chi connectivity index (χ0v) is 17.9. The fraction of sp³-hybridized carbons (Fsp3) is 0.440. The lowest BCUT2D eigenvalue weighted by Crippen LogP contribution is -2.27. The third-order valence-corrected chi connectivity index (χ3v) is 6.35. The Balaban J connectivity index is 1.46. The number of benzene rings is 2. The lowest BCUT2D eigenvalue weighted by molar-refractivity contribution is -0.154. The molecule has 0 amide bonds. The number of ketones is 1. The van der Waals surface area contributed by atoms with Crippen molar-refractivity contribution in [3.63, 3.8) is 0 Å². The average molecular weight is 422 g/mol. The van der Waals surface area contributed by atoms with Crippen molar-refractivity contribution in [3.8, 4) is 28.4 Å². The second kappa shape index (κ2) is 7.59. The van der Waals surface area contributed by atoms with E-state index < -0.39 is 5.60 Å². The van der Waals surface area contributed by atoms with Gasteiger partial charge in [-0.15, -0.1) is 0 Å². The number of fused-ring (bicyclic) bond motifs is 1. The number of hydrogen-bond donors (Lipinski definition) is 0. The summed E-state index contributed by atoms with van der Waals surface area (Å²) in [7, 11) is 3.16. The summed E-state index contributed by atoms with van der Waals surface area (Å²) in [6, 6.07) is 9.66. The zero-order chi connectivity index (χ0) is 21.6. The summed E-state index contributed by atoms with van der Waals surface area (Å²) < 4.78 is 23.2. The lowest BCUT2D eigenvalue weighted by atomic mass is 9.99. The monoisotopic (exact) mass is 422 g/mol. The van der Waals surface area contributed by atoms with Crippen molar-refractivity contribution in [1.29, 1.82) is 0 Å². The highest BCUT2D eigenvalue weighted by Crippen LogP contribution is 2.48. The molecule has 0 unspecified atom stereocenters. The minimum atomic E-state index is -0.546. The van der Waals surface area contributed by atoms with Gasteiger partial charge in [0.15, 0.2) is 17.3 Å². The van der Waals surface area contributed by atoms with Gasteiger partial charge in [0.1, 0.15) is 12.2 Å². The number of aryl methyl sites for hydroxylation is 1. The lowest BCUT2D eigenvalue weighted by Gasteiger charge is -2.22. The number of carbonyl (C=O) groups is 2. The Hall–Kier alpha value is -3.02. The van der Waals surface area contributed by atoms with E-state index in [9.17, 15) is 9.59 Å². The maximum atomic E-state index is 12.2. The van der Waals surface area contributed by atoms with Crippen LogP contribution in [0.3, 0.4) is 0 Å². The SMILES string of the molecule is COc1ccc(-c2ccc3c(c2)CCC3=O)c(OCC2(OC(=O)C3CC3)CC2)c1OC. The van der Waals surface area contributed by atoms with Gasteiger partial charge < -0.3 is 18.9 Å². The van der Waals surface area contributed by atoms with Gasteiger partial charge in [0.25, 0.3) is 0 Å². The Morgan fingerprint density at radius 3 is 2.45 bits per heavy atom. The van der Waals surface area contributed by atoms with Crippen molar-refractivity contribution in [2.75, 3.05) is 20.8 Å². The Morgan fingerprint density at radius 1 is 1.00 bits per heavy atom. The van der Waals surface area contributed by atoms with Gasteiger partial charge in [-0.2, -0.15) is 0 Å². The molecule has 3 aliphatic rings. The summed E-state index contributed by atoms with van der Waals surface area (Å²) in [5, 5.41) is 0. The molecule has 0 heterocycles. The molecule has 6 heteroatoms. The first-order valence-corrected chi connectivity index (χ1v) is 10.8. The van der Waals surface area contributed by atoms with Crippen LogP contribution in [0.5, 0.6) is 17.2 Å². The first-order valence-electron chi connectivity index (χ1n) is 10.8. The van der Waals surface area contributed by atoms with Gasteiger partial charge in [-0.1, -0.05) is 18.2 Å². The summed E-state index contributed by atoms with van der Waals surface area (Å²) in [5.74, 6) is 1.77. The van der Waals surface area contributed by atoms with Crippen molar-refractivity contribution < 1.29 is 28.5 Å². The van der Waals surface area contributed by atoms with Gasteiger partial charge >= 0.3 is 5.97 Å². The quantitative estimate of drug-likeness (QED) is 0.589. The molecule has 2 aromatic rings. The Labute approximate surface area is 181 Å². The molecule has 0 aromatic heterocycles. The van der Waals surface area contributed by atoms with Crippen molar-refractivity contribution >= 4 is 11.8 Å². The molecule has 162 valence electrons. The van der Waals surface area contributed by atoms with E-state index in [4.69, 9.17) is 18.9 Å². The number of carbonyl (C=O) groups excluding carboxylic acids is 2. The van der Waals surface area contributed by atoms with Crippen molar-refractivity contribution in [2.45, 2.75) is 44.1 Å². The Morgan fingerprint density at radius 2 is 1.77 bits per heavy atom. The van der Waals surface area contributed by atoms with Crippen LogP contribution in [-0.4, -0.2) is 38.2 Å². The molecule has 31 heavy (non-hydrogen) atoms. The molecule has 0 spiro atoms. The van der Waals surface area contributed by atoms with E-state index in [0.29, 0.717) is 23.7 Å². The second-order valence-corrected chi connectivity index (χ2v) is 8.64. The summed E-state index contributed by atoms with van der Waals surface area (Å²) in [6.07, 6.45) is 4.76. The molecule has 0 aliphatic heterocycles. The van der Waals surface area contributed by atoms with Crippen molar-refractivity contribution in [1.82, 2.24) is 0 Å². The molecular formula is C25H26O6. The van der Waals surface area contributed by atoms with E-state index in [1.807, 2.05) is 30.3 Å². The highest BCUT2D eigenvalue weighted by atomic mass is 16.6. The minimum Gasteiger partial charge on any atom is -0.493 e. The Bertz CT molecular complexity index is 1050. The number of Topliss-reactive ketones (excluding diaryl/α,β-unsaturated/α-hetero) is 1. The predicted molar refractivity (Wildman–Crippen MR) is 114 cm³/mol. The molecule has 3 aliphatic carbocycles. The standard InChI is InChI=1S/C25H26O6/c1-28-21-10-8-19(17-5-7-18-16(13-17)6-9-20(18)26)22(23(21)29-2)30-14-25(11-12-25)31-24(27)15-3-4-15/h5,7-8,10,13,15H,3-4,6,9,11-12,14H2,1-2H3. The van der Waals surface area contributed by atoms with Gasteiger partial charge in [0.2, 0.25) is 5.75 Å². The molecule has 5 rings (SSSR count). The summed E-state index contributed by atoms with van der Waals surface area (Å²) in [5.41, 5.74) is 3.11. The number of esters is 1. The summed E-state index contributed by atoms with van der Waals surface area (Å²) in [4.78, 5) is 24.2. The van der Waals surface area contributed by atoms with Gasteiger partial charge in [-0.3, -0.25) is 9.59 Å². The van der Waals surface area contributed by atoms with Crippen molar-refractivity contribution in [3.05, 3.63) is 41.5 Å². The minimum absolute atomic E-state index is 0.0634. The van der Waals surface area contributed by atoms with E-state index in [1.54, 1.807) is 14.2 Å². The molecule has 0 atom stereocenters. The second-order valence-electron chi connectivity index (χ2n) is 8.64. The van der Waals surface area contributed by atoms with E-state index >= 15 is 0 Å². The molecule has 0 saturated heterocycles. The largest absolute Gasteiger partial charge is 0.493 e. The fourth-order valence-electron chi connectivity index (χ4n) is 4.13. The van der Waals surface area contributed by atoms with Crippen LogP contribution in [0.2, 0.25) is 0 Å². The van der Waals surface area contributed by atoms with Crippen LogP contribution in [0.25, 0.3) is 11.1 Å². The number of methoxy groups -OCH3 is 2. The number of hydrogen-bond acceptors (Lipinski definition) is 6. The third-order valence-electron chi connectivity index (χ3n) is 6.35. The van der Waals surface area contributed by atoms with E-state index in [2.05, 4.69) is 0 Å². The molecule has 2 saturated carbocycles. The van der Waals surface area contributed by atoms with E-state index in [-0.39, 0.29) is 24.3 Å². The normalized spacial score (nSPS) is 18.3. The average Bonchev–Trinajstić information content (AvgIpc) is 3.71.